The molecule has 1 fully saturated rings. The number of pyridine rings is 1. The van der Waals surface area contributed by atoms with Crippen molar-refractivity contribution in [3.05, 3.63) is 53.1 Å². The Kier molecular flexibility index (Phi) is 6.35. The molecule has 1 saturated heterocycles. The van der Waals surface area contributed by atoms with Crippen LogP contribution in [0.3, 0.4) is 0 Å². The number of nitrogens with zero attached hydrogens (tertiary/aromatic N) is 6. The Morgan fingerprint density at radius 1 is 1.18 bits per heavy atom. The van der Waals surface area contributed by atoms with Crippen LogP contribution in [0.2, 0.25) is 0 Å². The molecular formula is C25H35N7O2. The van der Waals surface area contributed by atoms with Gasteiger partial charge in [-0.25, -0.2) is 19.3 Å². The van der Waals surface area contributed by atoms with Gasteiger partial charge >= 0.3 is 0 Å². The second-order valence-corrected chi connectivity index (χ2v) is 10.4. The van der Waals surface area contributed by atoms with Crippen molar-refractivity contribution in [3.63, 3.8) is 0 Å². The van der Waals surface area contributed by atoms with Crippen molar-refractivity contribution in [1.82, 2.24) is 29.2 Å². The summed E-state index contributed by atoms with van der Waals surface area (Å²) in [5.41, 5.74) is -0.198. The minimum Gasteiger partial charge on any atom is -0.384 e. The monoisotopic (exact) mass is 465 g/mol. The predicted octanol–water partition coefficient (Wildman–Crippen LogP) is 3.07. The largest absolute Gasteiger partial charge is 0.384 e. The lowest BCUT2D eigenvalue weighted by molar-refractivity contribution is 0.0738. The van der Waals surface area contributed by atoms with Crippen molar-refractivity contribution in [1.29, 1.82) is 0 Å². The third-order valence-electron chi connectivity index (χ3n) is 6.33. The fourth-order valence-electron chi connectivity index (χ4n) is 4.38. The Hall–Kier alpha value is -3.04. The minimum atomic E-state index is -1.12. The highest BCUT2D eigenvalue weighted by Gasteiger charge is 2.27. The van der Waals surface area contributed by atoms with Gasteiger partial charge in [-0.3, -0.25) is 9.69 Å². The summed E-state index contributed by atoms with van der Waals surface area (Å²) in [7, 11) is 0. The highest BCUT2D eigenvalue weighted by molar-refractivity contribution is 5.76. The Bertz CT molecular complexity index is 1240. The summed E-state index contributed by atoms with van der Waals surface area (Å²) in [5.74, 6) is 0.988. The molecule has 0 amide bonds. The normalized spacial score (nSPS) is 16.2. The molecule has 0 radical (unpaired) electrons. The van der Waals surface area contributed by atoms with Gasteiger partial charge in [0.25, 0.3) is 5.56 Å². The number of aliphatic hydroxyl groups is 1. The summed E-state index contributed by atoms with van der Waals surface area (Å²) in [6, 6.07) is 5.64. The lowest BCUT2D eigenvalue weighted by Gasteiger charge is -2.41. The van der Waals surface area contributed by atoms with Gasteiger partial charge in [0.05, 0.1) is 12.2 Å². The maximum Gasteiger partial charge on any atom is 0.278 e. The summed E-state index contributed by atoms with van der Waals surface area (Å²) in [4.78, 5) is 29.4. The number of nitrogens with one attached hydrogen (secondary N) is 1. The van der Waals surface area contributed by atoms with E-state index in [0.29, 0.717) is 28.5 Å². The molecule has 0 aliphatic carbocycles. The second kappa shape index (κ2) is 8.96. The Labute approximate surface area is 200 Å². The predicted molar refractivity (Wildman–Crippen MR) is 134 cm³/mol. The SMILES string of the molecule is C=CCn1c(=O)c2cnc(NC3CCN(C(C)(C)C)CC3)nc2n1-c1cccc(C(C)(C)O)n1. The highest BCUT2D eigenvalue weighted by Crippen LogP contribution is 2.23. The van der Waals surface area contributed by atoms with Crippen molar-refractivity contribution in [2.75, 3.05) is 18.4 Å². The Morgan fingerprint density at radius 2 is 1.88 bits per heavy atom. The molecule has 0 spiro atoms. The van der Waals surface area contributed by atoms with Gasteiger partial charge in [0.1, 0.15) is 11.0 Å². The van der Waals surface area contributed by atoms with Crippen LogP contribution in [0, 0.1) is 0 Å². The lowest BCUT2D eigenvalue weighted by atomic mass is 9.98. The van der Waals surface area contributed by atoms with E-state index in [1.54, 1.807) is 42.9 Å². The van der Waals surface area contributed by atoms with E-state index in [2.05, 4.69) is 47.5 Å². The van der Waals surface area contributed by atoms with Gasteiger partial charge in [-0.15, -0.1) is 6.58 Å². The molecule has 0 unspecified atom stereocenters. The first-order valence-corrected chi connectivity index (χ1v) is 11.8. The Balaban J connectivity index is 1.72. The maximum atomic E-state index is 13.1. The molecule has 182 valence electrons. The van der Waals surface area contributed by atoms with E-state index < -0.39 is 5.60 Å². The molecule has 34 heavy (non-hydrogen) atoms. The quantitative estimate of drug-likeness (QED) is 0.540. The van der Waals surface area contributed by atoms with Crippen LogP contribution >= 0.6 is 0 Å². The van der Waals surface area contributed by atoms with Gasteiger partial charge in [0.15, 0.2) is 11.5 Å². The van der Waals surface area contributed by atoms with E-state index in [-0.39, 0.29) is 23.7 Å². The van der Waals surface area contributed by atoms with Gasteiger partial charge in [-0.05, 0) is 59.6 Å². The summed E-state index contributed by atoms with van der Waals surface area (Å²) in [6.45, 7) is 16.2. The van der Waals surface area contributed by atoms with E-state index >= 15 is 0 Å². The van der Waals surface area contributed by atoms with E-state index in [9.17, 15) is 9.90 Å². The molecule has 0 atom stereocenters. The minimum absolute atomic E-state index is 0.162. The van der Waals surface area contributed by atoms with E-state index in [1.807, 2.05) is 6.07 Å². The number of hydrogen-bond donors (Lipinski definition) is 2. The zero-order valence-corrected chi connectivity index (χ0v) is 20.7. The molecular weight excluding hydrogens is 430 g/mol. The van der Waals surface area contributed by atoms with Crippen molar-refractivity contribution >= 4 is 17.0 Å². The molecule has 3 aromatic rings. The topological polar surface area (TPSA) is 101 Å². The standard InChI is InChI=1S/C25H35N7O2/c1-7-13-31-22(33)18-16-26-23(27-17-11-14-30(15-12-17)24(2,3)4)29-21(18)32(31)20-10-8-9-19(28-20)25(5,6)34/h7-10,16-17,34H,1,11-15H2,2-6H3,(H,26,27,29). The van der Waals surface area contributed by atoms with Gasteiger partial charge in [-0.1, -0.05) is 12.1 Å². The van der Waals surface area contributed by atoms with Crippen molar-refractivity contribution < 1.29 is 5.11 Å². The zero-order chi connectivity index (χ0) is 24.7. The van der Waals surface area contributed by atoms with Crippen molar-refractivity contribution in [2.45, 2.75) is 71.2 Å². The van der Waals surface area contributed by atoms with Crippen LogP contribution in [0.4, 0.5) is 5.95 Å². The molecule has 0 saturated carbocycles. The van der Waals surface area contributed by atoms with Crippen LogP contribution in [0.1, 0.15) is 53.2 Å². The number of hydrogen-bond acceptors (Lipinski definition) is 7. The smallest absolute Gasteiger partial charge is 0.278 e. The zero-order valence-electron chi connectivity index (χ0n) is 20.7. The summed E-state index contributed by atoms with van der Waals surface area (Å²) < 4.78 is 3.22. The molecule has 2 N–H and O–H groups in total. The molecule has 9 nitrogen and oxygen atoms in total. The molecule has 1 aliphatic rings. The molecule has 0 aromatic carbocycles. The average molecular weight is 466 g/mol. The summed E-state index contributed by atoms with van der Waals surface area (Å²) in [5, 5.41) is 14.3. The summed E-state index contributed by atoms with van der Waals surface area (Å²) >= 11 is 0. The second-order valence-electron chi connectivity index (χ2n) is 10.4. The first-order valence-electron chi connectivity index (χ1n) is 11.8. The number of fused-ring (bicyclic) bond motifs is 1. The van der Waals surface area contributed by atoms with Gasteiger partial charge in [0, 0.05) is 30.9 Å². The van der Waals surface area contributed by atoms with Crippen LogP contribution in [-0.4, -0.2) is 59.0 Å². The molecule has 9 heteroatoms. The number of piperidine rings is 1. The van der Waals surface area contributed by atoms with Crippen LogP contribution < -0.4 is 10.9 Å². The third-order valence-corrected chi connectivity index (χ3v) is 6.33. The van der Waals surface area contributed by atoms with Crippen molar-refractivity contribution in [2.24, 2.45) is 0 Å². The highest BCUT2D eigenvalue weighted by atomic mass is 16.3. The molecule has 4 heterocycles. The summed E-state index contributed by atoms with van der Waals surface area (Å²) in [6.07, 6.45) is 5.23. The fraction of sp³-hybridized carbons (Fsp3) is 0.520. The number of allylic oxidation sites excluding steroid dienone is 1. The van der Waals surface area contributed by atoms with Gasteiger partial charge in [-0.2, -0.15) is 4.98 Å². The third kappa shape index (κ3) is 4.76. The maximum absolute atomic E-state index is 13.1. The first kappa shape index (κ1) is 24.1. The first-order chi connectivity index (χ1) is 16.0. The number of aromatic nitrogens is 5. The van der Waals surface area contributed by atoms with Gasteiger partial charge < -0.3 is 10.4 Å². The fourth-order valence-corrected chi connectivity index (χ4v) is 4.38. The van der Waals surface area contributed by atoms with Crippen LogP contribution in [-0.2, 0) is 12.1 Å². The van der Waals surface area contributed by atoms with Gasteiger partial charge in [0.2, 0.25) is 5.95 Å². The van der Waals surface area contributed by atoms with E-state index in [4.69, 9.17) is 4.98 Å². The molecule has 3 aromatic heterocycles. The molecule has 4 rings (SSSR count). The average Bonchev–Trinajstić information content (AvgIpc) is 3.04. The van der Waals surface area contributed by atoms with Crippen LogP contribution in [0.5, 0.6) is 0 Å². The van der Waals surface area contributed by atoms with Crippen LogP contribution in [0.25, 0.3) is 16.9 Å². The van der Waals surface area contributed by atoms with Crippen LogP contribution in [0.15, 0.2) is 41.8 Å². The number of anilines is 1. The Morgan fingerprint density at radius 3 is 2.50 bits per heavy atom. The number of likely N-dealkylation sites (tertiary alicyclic amines) is 1. The molecule has 0 bridgehead atoms. The molecule has 1 aliphatic heterocycles. The van der Waals surface area contributed by atoms with E-state index in [0.717, 1.165) is 25.9 Å². The number of rotatable bonds is 6. The van der Waals surface area contributed by atoms with E-state index in [1.165, 1.54) is 4.68 Å². The lowest BCUT2D eigenvalue weighted by Crippen LogP contribution is -2.48. The van der Waals surface area contributed by atoms with Crippen molar-refractivity contribution in [3.8, 4) is 5.82 Å².